The maximum Gasteiger partial charge on any atom is 0.534 e. The summed E-state index contributed by atoms with van der Waals surface area (Å²) in [6.07, 6.45) is -0.395. The molecule has 7 nitrogen and oxygen atoms in total. The predicted octanol–water partition coefficient (Wildman–Crippen LogP) is 6.69. The Labute approximate surface area is 212 Å². The number of hydrogen-bond acceptors (Lipinski definition) is 6. The van der Waals surface area contributed by atoms with Gasteiger partial charge in [0.15, 0.2) is 0 Å². The summed E-state index contributed by atoms with van der Waals surface area (Å²) in [6.45, 7) is 14.0. The lowest BCUT2D eigenvalue weighted by Crippen LogP contribution is -2.56. The quantitative estimate of drug-likeness (QED) is 0.193. The highest BCUT2D eigenvalue weighted by Crippen LogP contribution is 2.45. The van der Waals surface area contributed by atoms with Gasteiger partial charge in [0.1, 0.15) is 6.61 Å². The fourth-order valence-electron chi connectivity index (χ4n) is 4.98. The van der Waals surface area contributed by atoms with E-state index in [0.29, 0.717) is 5.56 Å². The van der Waals surface area contributed by atoms with Crippen molar-refractivity contribution in [3.05, 3.63) is 47.9 Å². The number of carbonyl (C=O) groups excluding carboxylic acids is 1. The second kappa shape index (κ2) is 11.6. The smallest absolute Gasteiger partial charge is 0.444 e. The van der Waals surface area contributed by atoms with Gasteiger partial charge in [0, 0.05) is 0 Å². The largest absolute Gasteiger partial charge is 0.534 e. The van der Waals surface area contributed by atoms with Gasteiger partial charge >= 0.3 is 21.7 Å². The highest BCUT2D eigenvalue weighted by Gasteiger charge is 2.52. The van der Waals surface area contributed by atoms with Crippen LogP contribution in [0.5, 0.6) is 0 Å². The highest BCUT2D eigenvalue weighted by atomic mass is 32.2. The lowest BCUT2D eigenvalue weighted by molar-refractivity contribution is -0.0553. The first kappa shape index (κ1) is 30.2. The summed E-state index contributed by atoms with van der Waals surface area (Å²) >= 11 is 0. The number of ether oxygens (including phenoxy) is 1. The van der Waals surface area contributed by atoms with E-state index in [1.807, 2.05) is 0 Å². The van der Waals surface area contributed by atoms with Crippen LogP contribution in [0.2, 0.25) is 16.6 Å². The van der Waals surface area contributed by atoms with Crippen molar-refractivity contribution in [2.24, 2.45) is 0 Å². The summed E-state index contributed by atoms with van der Waals surface area (Å²) in [5, 5.41) is 0. The summed E-state index contributed by atoms with van der Waals surface area (Å²) in [6, 6.07) is 7.86. The van der Waals surface area contributed by atoms with Crippen molar-refractivity contribution in [3.63, 3.8) is 0 Å². The van der Waals surface area contributed by atoms with Gasteiger partial charge in [0.2, 0.25) is 14.2 Å². The summed E-state index contributed by atoms with van der Waals surface area (Å²) in [5.74, 6) is -0.747. The van der Waals surface area contributed by atoms with E-state index in [0.717, 1.165) is 11.0 Å². The Balaban J connectivity index is 2.43. The van der Waals surface area contributed by atoms with Crippen LogP contribution in [-0.4, -0.2) is 45.4 Å². The van der Waals surface area contributed by atoms with E-state index in [1.54, 1.807) is 37.3 Å². The van der Waals surface area contributed by atoms with E-state index in [1.165, 1.54) is 0 Å². The van der Waals surface area contributed by atoms with Gasteiger partial charge in [-0.15, -0.1) is 0 Å². The van der Waals surface area contributed by atoms with Gasteiger partial charge in [0.05, 0.1) is 12.1 Å². The van der Waals surface area contributed by atoms with Gasteiger partial charge in [-0.1, -0.05) is 71.9 Å². The van der Waals surface area contributed by atoms with Crippen LogP contribution in [0.3, 0.4) is 0 Å². The first-order valence-electron chi connectivity index (χ1n) is 11.9. The SMILES string of the molecule is CC(C)[Si](O[C@@H]1CC=C(OS(=O)(=O)C(F)(F)F)N(C(=O)OCc2ccccc2)[C@H]1C)(C(C)C)C(C)C. The second-order valence-electron chi connectivity index (χ2n) is 9.89. The lowest BCUT2D eigenvalue weighted by Gasteiger charge is -2.48. The molecule has 0 bridgehead atoms. The Hall–Kier alpha value is -2.05. The van der Waals surface area contributed by atoms with E-state index < -0.39 is 48.1 Å². The molecule has 2 atom stereocenters. The third-order valence-corrected chi connectivity index (χ3v) is 13.7. The van der Waals surface area contributed by atoms with Crippen LogP contribution in [0.4, 0.5) is 18.0 Å². The number of halogens is 3. The summed E-state index contributed by atoms with van der Waals surface area (Å²) in [4.78, 5) is 13.9. The Morgan fingerprint density at radius 3 is 2.06 bits per heavy atom. The molecular weight excluding hydrogens is 515 g/mol. The third-order valence-electron chi connectivity index (χ3n) is 6.65. The molecule has 1 aliphatic rings. The zero-order chi connectivity index (χ0) is 27.5. The van der Waals surface area contributed by atoms with Crippen molar-refractivity contribution in [1.29, 1.82) is 0 Å². The number of benzene rings is 1. The average Bonchev–Trinajstić information content (AvgIpc) is 2.76. The average molecular weight is 552 g/mol. The van der Waals surface area contributed by atoms with Gasteiger partial charge in [-0.25, -0.2) is 9.69 Å². The molecule has 2 rings (SSSR count). The normalized spacial score (nSPS) is 19.6. The Kier molecular flexibility index (Phi) is 9.68. The van der Waals surface area contributed by atoms with E-state index in [-0.39, 0.29) is 29.7 Å². The van der Waals surface area contributed by atoms with E-state index >= 15 is 0 Å². The third kappa shape index (κ3) is 6.44. The number of alkyl halides is 3. The lowest BCUT2D eigenvalue weighted by atomic mass is 10.0. The van der Waals surface area contributed by atoms with Crippen molar-refractivity contribution in [3.8, 4) is 0 Å². The molecule has 0 unspecified atom stereocenters. The van der Waals surface area contributed by atoms with Crippen LogP contribution < -0.4 is 0 Å². The van der Waals surface area contributed by atoms with Gasteiger partial charge in [-0.3, -0.25) is 0 Å². The molecule has 0 aromatic heterocycles. The first-order chi connectivity index (χ1) is 16.5. The summed E-state index contributed by atoms with van der Waals surface area (Å²) < 4.78 is 79.2. The molecule has 204 valence electrons. The van der Waals surface area contributed by atoms with Crippen LogP contribution in [0.25, 0.3) is 0 Å². The molecule has 12 heteroatoms. The Bertz CT molecular complexity index is 1010. The minimum atomic E-state index is -6.00. The number of carbonyl (C=O) groups is 1. The maximum absolute atomic E-state index is 13.1. The monoisotopic (exact) mass is 551 g/mol. The highest BCUT2D eigenvalue weighted by molar-refractivity contribution is 7.87. The molecule has 36 heavy (non-hydrogen) atoms. The van der Waals surface area contributed by atoms with Crippen LogP contribution in [-0.2, 0) is 30.1 Å². The van der Waals surface area contributed by atoms with Crippen LogP contribution in [0.15, 0.2) is 42.3 Å². The number of hydrogen-bond donors (Lipinski definition) is 0. The topological polar surface area (TPSA) is 82.1 Å². The standard InChI is InChI=1S/C24H36F3NO6SSi/c1-16(2)36(17(3)4,18(5)6)34-21-13-14-22(33-35(30,31)24(25,26)27)28(19(21)7)23(29)32-15-20-11-9-8-10-12-20/h8-12,14,16-19,21H,13,15H2,1-7H3/t19-,21+/m0/s1. The van der Waals surface area contributed by atoms with Crippen molar-refractivity contribution >= 4 is 24.5 Å². The summed E-state index contributed by atoms with van der Waals surface area (Å²) in [7, 11) is -8.44. The molecule has 0 N–H and O–H groups in total. The van der Waals surface area contributed by atoms with E-state index in [9.17, 15) is 26.4 Å². The number of rotatable bonds is 9. The zero-order valence-electron chi connectivity index (χ0n) is 21.7. The molecular formula is C24H36F3NO6SSi. The fraction of sp³-hybridized carbons (Fsp3) is 0.625. The van der Waals surface area contributed by atoms with Crippen molar-refractivity contribution in [1.82, 2.24) is 4.90 Å². The second-order valence-corrected chi connectivity index (χ2v) is 16.8. The predicted molar refractivity (Wildman–Crippen MR) is 133 cm³/mol. The summed E-state index contributed by atoms with van der Waals surface area (Å²) in [5.41, 5.74) is -4.34. The molecule has 1 aliphatic heterocycles. The molecule has 0 radical (unpaired) electrons. The zero-order valence-corrected chi connectivity index (χ0v) is 23.5. The van der Waals surface area contributed by atoms with Gasteiger partial charge in [-0.2, -0.15) is 21.6 Å². The van der Waals surface area contributed by atoms with Gasteiger partial charge < -0.3 is 13.3 Å². The maximum atomic E-state index is 13.1. The number of nitrogens with zero attached hydrogens (tertiary/aromatic N) is 1. The molecule has 1 aromatic rings. The van der Waals surface area contributed by atoms with Crippen molar-refractivity contribution in [2.45, 2.75) is 95.8 Å². The van der Waals surface area contributed by atoms with Crippen LogP contribution >= 0.6 is 0 Å². The molecule has 0 spiro atoms. The van der Waals surface area contributed by atoms with Gasteiger partial charge in [0.25, 0.3) is 0 Å². The molecule has 0 aliphatic carbocycles. The molecule has 1 amide bonds. The first-order valence-corrected chi connectivity index (χ1v) is 15.5. The Morgan fingerprint density at radius 2 is 1.58 bits per heavy atom. The molecule has 1 heterocycles. The minimum Gasteiger partial charge on any atom is -0.444 e. The molecule has 1 aromatic carbocycles. The van der Waals surface area contributed by atoms with E-state index in [2.05, 4.69) is 45.7 Å². The van der Waals surface area contributed by atoms with Gasteiger partial charge in [-0.05, 0) is 41.6 Å². The van der Waals surface area contributed by atoms with E-state index in [4.69, 9.17) is 9.16 Å². The molecule has 0 fully saturated rings. The Morgan fingerprint density at radius 1 is 1.06 bits per heavy atom. The van der Waals surface area contributed by atoms with Crippen molar-refractivity contribution in [2.75, 3.05) is 0 Å². The van der Waals surface area contributed by atoms with Crippen LogP contribution in [0.1, 0.15) is 60.5 Å². The molecule has 0 saturated carbocycles. The number of amides is 1. The fourth-order valence-corrected chi connectivity index (χ4v) is 11.1. The minimum absolute atomic E-state index is 0.0766. The van der Waals surface area contributed by atoms with Crippen molar-refractivity contribution < 1.29 is 39.7 Å². The van der Waals surface area contributed by atoms with Crippen LogP contribution in [0, 0.1) is 0 Å². The molecule has 0 saturated heterocycles.